The maximum Gasteiger partial charge on any atom is 0.247 e. The van der Waals surface area contributed by atoms with Crippen LogP contribution in [-0.2, 0) is 17.6 Å². The number of benzene rings is 2. The summed E-state index contributed by atoms with van der Waals surface area (Å²) in [6.07, 6.45) is 1.39. The fourth-order valence-electron chi connectivity index (χ4n) is 2.76. The lowest BCUT2D eigenvalue weighted by molar-refractivity contribution is -0.121. The first-order valence-electron chi connectivity index (χ1n) is 9.05. The minimum absolute atomic E-state index is 0.0564. The van der Waals surface area contributed by atoms with E-state index < -0.39 is 0 Å². The summed E-state index contributed by atoms with van der Waals surface area (Å²) in [6.45, 7) is 0.542. The summed E-state index contributed by atoms with van der Waals surface area (Å²) in [6, 6.07) is 15.1. The second-order valence-corrected chi connectivity index (χ2v) is 6.14. The molecule has 0 saturated heterocycles. The largest absolute Gasteiger partial charge is 0.497 e. The molecular formula is C21H23N3O4. The molecule has 7 nitrogen and oxygen atoms in total. The van der Waals surface area contributed by atoms with Crippen LogP contribution in [0.15, 0.2) is 52.9 Å². The molecule has 1 N–H and O–H groups in total. The third-order valence-corrected chi connectivity index (χ3v) is 4.28. The van der Waals surface area contributed by atoms with E-state index in [1.807, 2.05) is 48.5 Å². The Morgan fingerprint density at radius 3 is 2.54 bits per heavy atom. The predicted molar refractivity (Wildman–Crippen MR) is 104 cm³/mol. The van der Waals surface area contributed by atoms with Gasteiger partial charge in [-0.2, -0.15) is 0 Å². The van der Waals surface area contributed by atoms with E-state index in [1.54, 1.807) is 14.2 Å². The van der Waals surface area contributed by atoms with E-state index in [2.05, 4.69) is 15.5 Å². The van der Waals surface area contributed by atoms with Crippen molar-refractivity contribution < 1.29 is 18.7 Å². The highest BCUT2D eigenvalue weighted by molar-refractivity contribution is 5.76. The summed E-state index contributed by atoms with van der Waals surface area (Å²) < 4.78 is 16.1. The van der Waals surface area contributed by atoms with Gasteiger partial charge in [-0.3, -0.25) is 4.79 Å². The summed E-state index contributed by atoms with van der Waals surface area (Å²) in [5.41, 5.74) is 1.87. The Morgan fingerprint density at radius 1 is 1.00 bits per heavy atom. The Hall–Kier alpha value is -3.35. The molecule has 0 spiro atoms. The van der Waals surface area contributed by atoms with E-state index in [0.717, 1.165) is 22.6 Å². The van der Waals surface area contributed by atoms with Gasteiger partial charge in [0.15, 0.2) is 0 Å². The molecule has 1 aromatic heterocycles. The number of amides is 1. The molecule has 1 amide bonds. The van der Waals surface area contributed by atoms with Gasteiger partial charge in [-0.05, 0) is 42.3 Å². The van der Waals surface area contributed by atoms with Gasteiger partial charge in [0, 0.05) is 24.9 Å². The number of nitrogens with zero attached hydrogens (tertiary/aromatic N) is 2. The Balaban J connectivity index is 1.45. The van der Waals surface area contributed by atoms with E-state index in [4.69, 9.17) is 13.9 Å². The number of methoxy groups -OCH3 is 2. The molecule has 0 atom stereocenters. The van der Waals surface area contributed by atoms with Crippen molar-refractivity contribution in [2.45, 2.75) is 19.3 Å². The van der Waals surface area contributed by atoms with Crippen molar-refractivity contribution in [2.75, 3.05) is 20.8 Å². The SMILES string of the molecule is COc1ccc(-c2nnc(CCC(=O)NCCc3ccccc3OC)o2)cc1. The monoisotopic (exact) mass is 381 g/mol. The molecule has 0 aliphatic carbocycles. The van der Waals surface area contributed by atoms with Crippen LogP contribution in [0.25, 0.3) is 11.5 Å². The van der Waals surface area contributed by atoms with Crippen molar-refractivity contribution in [2.24, 2.45) is 0 Å². The number of rotatable bonds is 9. The summed E-state index contributed by atoms with van der Waals surface area (Å²) in [5.74, 6) is 2.39. The van der Waals surface area contributed by atoms with Crippen molar-refractivity contribution in [1.29, 1.82) is 0 Å². The molecule has 0 fully saturated rings. The van der Waals surface area contributed by atoms with Crippen molar-refractivity contribution in [3.63, 3.8) is 0 Å². The van der Waals surface area contributed by atoms with Gasteiger partial charge in [0.25, 0.3) is 0 Å². The van der Waals surface area contributed by atoms with E-state index in [-0.39, 0.29) is 12.3 Å². The van der Waals surface area contributed by atoms with E-state index in [0.29, 0.717) is 31.2 Å². The van der Waals surface area contributed by atoms with Crippen molar-refractivity contribution in [3.8, 4) is 23.0 Å². The molecule has 0 bridgehead atoms. The van der Waals surface area contributed by atoms with Crippen molar-refractivity contribution in [1.82, 2.24) is 15.5 Å². The summed E-state index contributed by atoms with van der Waals surface area (Å²) >= 11 is 0. The standard InChI is InChI=1S/C21H23N3O4/c1-26-17-9-7-16(8-10-17)21-24-23-20(28-21)12-11-19(25)22-14-13-15-5-3-4-6-18(15)27-2/h3-10H,11-14H2,1-2H3,(H,22,25). The van der Waals surface area contributed by atoms with Gasteiger partial charge in [-0.25, -0.2) is 0 Å². The zero-order valence-corrected chi connectivity index (χ0v) is 16.0. The third-order valence-electron chi connectivity index (χ3n) is 4.28. The third kappa shape index (κ3) is 5.09. The molecule has 2 aromatic carbocycles. The van der Waals surface area contributed by atoms with E-state index >= 15 is 0 Å². The lowest BCUT2D eigenvalue weighted by Crippen LogP contribution is -2.26. The van der Waals surface area contributed by atoms with Gasteiger partial charge in [-0.1, -0.05) is 18.2 Å². The topological polar surface area (TPSA) is 86.5 Å². The van der Waals surface area contributed by atoms with Crippen LogP contribution in [0.4, 0.5) is 0 Å². The molecular weight excluding hydrogens is 358 g/mol. The molecule has 3 rings (SSSR count). The van der Waals surface area contributed by atoms with Crippen LogP contribution in [0, 0.1) is 0 Å². The maximum atomic E-state index is 12.1. The molecule has 0 radical (unpaired) electrons. The van der Waals surface area contributed by atoms with Gasteiger partial charge in [0.05, 0.1) is 14.2 Å². The quantitative estimate of drug-likeness (QED) is 0.613. The molecule has 28 heavy (non-hydrogen) atoms. The molecule has 0 aliphatic heterocycles. The number of aromatic nitrogens is 2. The van der Waals surface area contributed by atoms with Crippen LogP contribution in [0.1, 0.15) is 17.9 Å². The second-order valence-electron chi connectivity index (χ2n) is 6.14. The summed E-state index contributed by atoms with van der Waals surface area (Å²) in [4.78, 5) is 12.1. The number of hydrogen-bond acceptors (Lipinski definition) is 6. The number of carbonyl (C=O) groups excluding carboxylic acids is 1. The van der Waals surface area contributed by atoms with Crippen molar-refractivity contribution >= 4 is 5.91 Å². The first-order valence-corrected chi connectivity index (χ1v) is 9.05. The lowest BCUT2D eigenvalue weighted by Gasteiger charge is -2.08. The molecule has 3 aromatic rings. The van der Waals surface area contributed by atoms with Gasteiger partial charge >= 0.3 is 0 Å². The average molecular weight is 381 g/mol. The van der Waals surface area contributed by atoms with Crippen LogP contribution in [0.3, 0.4) is 0 Å². The predicted octanol–water partition coefficient (Wildman–Crippen LogP) is 3.05. The number of aryl methyl sites for hydroxylation is 1. The smallest absolute Gasteiger partial charge is 0.247 e. The first-order chi connectivity index (χ1) is 13.7. The molecule has 0 aliphatic rings. The van der Waals surface area contributed by atoms with Crippen LogP contribution < -0.4 is 14.8 Å². The lowest BCUT2D eigenvalue weighted by atomic mass is 10.1. The van der Waals surface area contributed by atoms with Crippen molar-refractivity contribution in [3.05, 3.63) is 60.0 Å². The minimum Gasteiger partial charge on any atom is -0.497 e. The first kappa shape index (κ1) is 19.4. The van der Waals surface area contributed by atoms with Crippen LogP contribution >= 0.6 is 0 Å². The Kier molecular flexibility index (Phi) is 6.62. The van der Waals surface area contributed by atoms with Gasteiger partial charge in [-0.15, -0.1) is 10.2 Å². The zero-order valence-electron chi connectivity index (χ0n) is 16.0. The molecule has 7 heteroatoms. The molecule has 146 valence electrons. The average Bonchev–Trinajstić information content (AvgIpc) is 3.22. The number of nitrogens with one attached hydrogen (secondary N) is 1. The van der Waals surface area contributed by atoms with Gasteiger partial charge in [0.1, 0.15) is 11.5 Å². The fourth-order valence-corrected chi connectivity index (χ4v) is 2.76. The number of ether oxygens (including phenoxy) is 2. The molecule has 1 heterocycles. The minimum atomic E-state index is -0.0564. The second kappa shape index (κ2) is 9.55. The Morgan fingerprint density at radius 2 is 1.79 bits per heavy atom. The highest BCUT2D eigenvalue weighted by atomic mass is 16.5. The number of hydrogen-bond donors (Lipinski definition) is 1. The zero-order chi connectivity index (χ0) is 19.8. The van der Waals surface area contributed by atoms with Gasteiger partial charge in [0.2, 0.25) is 17.7 Å². The summed E-state index contributed by atoms with van der Waals surface area (Å²) in [5, 5.41) is 11.0. The normalized spacial score (nSPS) is 10.5. The number of carbonyl (C=O) groups is 1. The highest BCUT2D eigenvalue weighted by Gasteiger charge is 2.11. The van der Waals surface area contributed by atoms with Crippen LogP contribution in [-0.4, -0.2) is 36.9 Å². The molecule has 0 saturated carbocycles. The van der Waals surface area contributed by atoms with E-state index in [9.17, 15) is 4.79 Å². The Labute approximate surface area is 163 Å². The number of para-hydroxylation sites is 1. The maximum absolute atomic E-state index is 12.1. The Bertz CT molecular complexity index is 906. The van der Waals surface area contributed by atoms with Crippen LogP contribution in [0.2, 0.25) is 0 Å². The van der Waals surface area contributed by atoms with E-state index in [1.165, 1.54) is 0 Å². The molecule has 0 unspecified atom stereocenters. The fraction of sp³-hybridized carbons (Fsp3) is 0.286. The van der Waals surface area contributed by atoms with Crippen LogP contribution in [0.5, 0.6) is 11.5 Å². The summed E-state index contributed by atoms with van der Waals surface area (Å²) in [7, 11) is 3.25. The highest BCUT2D eigenvalue weighted by Crippen LogP contribution is 2.21. The van der Waals surface area contributed by atoms with Gasteiger partial charge < -0.3 is 19.2 Å².